The molecule has 4 aliphatic rings. The average molecular weight is 385 g/mol. The maximum absolute atomic E-state index is 12.8. The van der Waals surface area contributed by atoms with E-state index in [0.717, 1.165) is 6.42 Å². The number of hydrogen-bond acceptors (Lipinski definition) is 3. The third-order valence-corrected chi connectivity index (χ3v) is 8.15. The Morgan fingerprint density at radius 1 is 1.04 bits per heavy atom. The van der Waals surface area contributed by atoms with Crippen LogP contribution in [0.2, 0.25) is 0 Å². The summed E-state index contributed by atoms with van der Waals surface area (Å²) in [6.07, 6.45) is 20.5. The SMILES string of the molecule is Cn1cncc1[C@H]1[C@H](NC2CCC3(CCCCC3)CC2)CCC(=O)N1C1CC1. The van der Waals surface area contributed by atoms with E-state index >= 15 is 0 Å². The average Bonchev–Trinajstić information content (AvgIpc) is 3.46. The van der Waals surface area contributed by atoms with E-state index in [1.807, 2.05) is 12.5 Å². The number of likely N-dealkylation sites (tertiary alicyclic amines) is 1. The number of aromatic nitrogens is 2. The number of hydrogen-bond donors (Lipinski definition) is 1. The van der Waals surface area contributed by atoms with Gasteiger partial charge in [-0.05, 0) is 63.2 Å². The van der Waals surface area contributed by atoms with Crippen molar-refractivity contribution < 1.29 is 4.79 Å². The molecule has 0 unspecified atom stereocenters. The van der Waals surface area contributed by atoms with Crippen LogP contribution in [0.15, 0.2) is 12.5 Å². The number of carbonyl (C=O) groups is 1. The summed E-state index contributed by atoms with van der Waals surface area (Å²) >= 11 is 0. The molecule has 5 rings (SSSR count). The lowest BCUT2D eigenvalue weighted by Gasteiger charge is -2.46. The minimum Gasteiger partial charge on any atom is -0.336 e. The molecule has 1 aromatic heterocycles. The standard InChI is InChI=1S/C23H36N4O/c1-26-16-24-15-20(26)22-19(7-8-21(28)27(22)18-5-6-18)25-17-9-13-23(14-10-17)11-3-2-4-12-23/h15-19,22,25H,2-14H2,1H3/t19-,22-/m1/s1. The summed E-state index contributed by atoms with van der Waals surface area (Å²) in [5, 5.41) is 4.04. The van der Waals surface area contributed by atoms with Gasteiger partial charge in [-0.1, -0.05) is 19.3 Å². The first-order valence-electron chi connectivity index (χ1n) is 11.7. The van der Waals surface area contributed by atoms with Crippen LogP contribution in [0, 0.1) is 5.41 Å². The molecular formula is C23H36N4O. The molecule has 1 aromatic rings. The maximum atomic E-state index is 12.8. The first-order valence-corrected chi connectivity index (χ1v) is 11.7. The first-order chi connectivity index (χ1) is 13.7. The van der Waals surface area contributed by atoms with Gasteiger partial charge in [-0.3, -0.25) is 4.79 Å². The summed E-state index contributed by atoms with van der Waals surface area (Å²) < 4.78 is 2.12. The third kappa shape index (κ3) is 3.51. The third-order valence-electron chi connectivity index (χ3n) is 8.15. The fourth-order valence-corrected chi connectivity index (χ4v) is 6.38. The minimum atomic E-state index is 0.145. The highest BCUT2D eigenvalue weighted by Crippen LogP contribution is 2.48. The van der Waals surface area contributed by atoms with Gasteiger partial charge in [0.2, 0.25) is 5.91 Å². The van der Waals surface area contributed by atoms with Crippen molar-refractivity contribution in [2.24, 2.45) is 12.5 Å². The zero-order valence-corrected chi connectivity index (χ0v) is 17.4. The van der Waals surface area contributed by atoms with Crippen LogP contribution in [0.3, 0.4) is 0 Å². The molecule has 0 radical (unpaired) electrons. The minimum absolute atomic E-state index is 0.145. The molecule has 1 saturated heterocycles. The van der Waals surface area contributed by atoms with Gasteiger partial charge in [0, 0.05) is 31.6 Å². The second-order valence-corrected chi connectivity index (χ2v) is 10.1. The Kier molecular flexibility index (Phi) is 4.98. The normalized spacial score (nSPS) is 31.5. The van der Waals surface area contributed by atoms with Gasteiger partial charge < -0.3 is 14.8 Å². The number of amides is 1. The summed E-state index contributed by atoms with van der Waals surface area (Å²) in [6, 6.07) is 1.57. The van der Waals surface area contributed by atoms with E-state index in [9.17, 15) is 4.79 Å². The summed E-state index contributed by atoms with van der Waals surface area (Å²) in [4.78, 5) is 19.4. The van der Waals surface area contributed by atoms with Gasteiger partial charge in [-0.2, -0.15) is 0 Å². The Morgan fingerprint density at radius 3 is 2.43 bits per heavy atom. The largest absolute Gasteiger partial charge is 0.336 e. The molecule has 1 amide bonds. The maximum Gasteiger partial charge on any atom is 0.223 e. The summed E-state index contributed by atoms with van der Waals surface area (Å²) in [7, 11) is 2.07. The molecule has 0 bridgehead atoms. The van der Waals surface area contributed by atoms with Gasteiger partial charge in [0.15, 0.2) is 0 Å². The Bertz CT molecular complexity index is 693. The van der Waals surface area contributed by atoms with E-state index in [0.29, 0.717) is 35.9 Å². The summed E-state index contributed by atoms with van der Waals surface area (Å²) in [5.41, 5.74) is 1.86. The van der Waals surface area contributed by atoms with E-state index in [2.05, 4.69) is 26.8 Å². The molecule has 2 atom stereocenters. The van der Waals surface area contributed by atoms with Crippen molar-refractivity contribution in [1.82, 2.24) is 19.8 Å². The van der Waals surface area contributed by atoms with Crippen LogP contribution < -0.4 is 5.32 Å². The Labute approximate surface area is 169 Å². The number of imidazole rings is 1. The van der Waals surface area contributed by atoms with E-state index in [1.54, 1.807) is 0 Å². The molecule has 1 aliphatic heterocycles. The Morgan fingerprint density at radius 2 is 1.79 bits per heavy atom. The highest BCUT2D eigenvalue weighted by molar-refractivity contribution is 5.78. The van der Waals surface area contributed by atoms with Gasteiger partial charge in [0.05, 0.1) is 24.3 Å². The molecule has 2 heterocycles. The van der Waals surface area contributed by atoms with Crippen LogP contribution in [0.5, 0.6) is 0 Å². The van der Waals surface area contributed by atoms with Crippen molar-refractivity contribution in [2.75, 3.05) is 0 Å². The molecule has 5 heteroatoms. The number of nitrogens with one attached hydrogen (secondary N) is 1. The number of nitrogens with zero attached hydrogens (tertiary/aromatic N) is 3. The molecule has 1 spiro atoms. The molecule has 1 N–H and O–H groups in total. The quantitative estimate of drug-likeness (QED) is 0.850. The Hall–Kier alpha value is -1.36. The highest BCUT2D eigenvalue weighted by Gasteiger charge is 2.46. The summed E-state index contributed by atoms with van der Waals surface area (Å²) in [6.45, 7) is 0. The number of carbonyl (C=O) groups excluding carboxylic acids is 1. The van der Waals surface area contributed by atoms with Crippen LogP contribution >= 0.6 is 0 Å². The fraction of sp³-hybridized carbons (Fsp3) is 0.826. The van der Waals surface area contributed by atoms with Gasteiger partial charge >= 0.3 is 0 Å². The van der Waals surface area contributed by atoms with Crippen molar-refractivity contribution in [3.05, 3.63) is 18.2 Å². The summed E-state index contributed by atoms with van der Waals surface area (Å²) in [5.74, 6) is 0.344. The van der Waals surface area contributed by atoms with Crippen molar-refractivity contribution in [1.29, 1.82) is 0 Å². The molecule has 0 aromatic carbocycles. The predicted molar refractivity (Wildman–Crippen MR) is 110 cm³/mol. The van der Waals surface area contributed by atoms with E-state index in [-0.39, 0.29) is 6.04 Å². The predicted octanol–water partition coefficient (Wildman–Crippen LogP) is 4.10. The van der Waals surface area contributed by atoms with Gasteiger partial charge in [0.1, 0.15) is 0 Å². The second-order valence-electron chi connectivity index (χ2n) is 10.1. The van der Waals surface area contributed by atoms with Crippen LogP contribution in [-0.4, -0.2) is 38.5 Å². The van der Waals surface area contributed by atoms with Gasteiger partial charge in [-0.25, -0.2) is 4.98 Å². The highest BCUT2D eigenvalue weighted by atomic mass is 16.2. The molecule has 28 heavy (non-hydrogen) atoms. The lowest BCUT2D eigenvalue weighted by molar-refractivity contribution is -0.139. The van der Waals surface area contributed by atoms with Crippen LogP contribution in [-0.2, 0) is 11.8 Å². The van der Waals surface area contributed by atoms with E-state index in [1.165, 1.54) is 76.3 Å². The van der Waals surface area contributed by atoms with E-state index in [4.69, 9.17) is 0 Å². The molecular weight excluding hydrogens is 348 g/mol. The molecule has 3 saturated carbocycles. The topological polar surface area (TPSA) is 50.2 Å². The van der Waals surface area contributed by atoms with Crippen LogP contribution in [0.4, 0.5) is 0 Å². The smallest absolute Gasteiger partial charge is 0.223 e. The number of rotatable bonds is 4. The van der Waals surface area contributed by atoms with Gasteiger partial charge in [-0.15, -0.1) is 0 Å². The molecule has 3 aliphatic carbocycles. The lowest BCUT2D eigenvalue weighted by Crippen LogP contribution is -2.55. The Balaban J connectivity index is 1.30. The zero-order chi connectivity index (χ0) is 19.1. The van der Waals surface area contributed by atoms with Crippen LogP contribution in [0.1, 0.15) is 95.2 Å². The zero-order valence-electron chi connectivity index (χ0n) is 17.4. The molecule has 5 nitrogen and oxygen atoms in total. The number of piperidine rings is 1. The van der Waals surface area contributed by atoms with Crippen molar-refractivity contribution >= 4 is 5.91 Å². The van der Waals surface area contributed by atoms with Crippen LogP contribution in [0.25, 0.3) is 0 Å². The molecule has 154 valence electrons. The lowest BCUT2D eigenvalue weighted by atomic mass is 9.64. The first kappa shape index (κ1) is 18.7. The van der Waals surface area contributed by atoms with E-state index < -0.39 is 0 Å². The molecule has 4 fully saturated rings. The van der Waals surface area contributed by atoms with Crippen molar-refractivity contribution in [2.45, 2.75) is 108 Å². The van der Waals surface area contributed by atoms with Crippen molar-refractivity contribution in [3.8, 4) is 0 Å². The van der Waals surface area contributed by atoms with Crippen molar-refractivity contribution in [3.63, 3.8) is 0 Å². The fourth-order valence-electron chi connectivity index (χ4n) is 6.38. The monoisotopic (exact) mass is 384 g/mol. The second kappa shape index (κ2) is 7.47. The van der Waals surface area contributed by atoms with Gasteiger partial charge in [0.25, 0.3) is 0 Å². The number of aryl methyl sites for hydroxylation is 1.